The fourth-order valence-electron chi connectivity index (χ4n) is 4.14. The van der Waals surface area contributed by atoms with Gasteiger partial charge in [-0.05, 0) is 87.2 Å². The Bertz CT molecular complexity index is 1570. The molecule has 3 aromatic rings. The number of methoxy groups -OCH3 is 3. The van der Waals surface area contributed by atoms with Crippen molar-refractivity contribution >= 4 is 55.2 Å². The molecule has 0 radical (unpaired) electrons. The third kappa shape index (κ3) is 5.12. The summed E-state index contributed by atoms with van der Waals surface area (Å²) < 4.78 is 25.1. The van der Waals surface area contributed by atoms with E-state index in [0.717, 1.165) is 14.5 Å². The summed E-state index contributed by atoms with van der Waals surface area (Å²) in [4.78, 5) is 32.0. The lowest BCUT2D eigenvalue weighted by Crippen LogP contribution is -2.40. The van der Waals surface area contributed by atoms with Gasteiger partial charge in [-0.25, -0.2) is 9.79 Å². The summed E-state index contributed by atoms with van der Waals surface area (Å²) >= 11 is 8.26. The van der Waals surface area contributed by atoms with Crippen molar-refractivity contribution in [2.45, 2.75) is 19.9 Å². The molecule has 0 bridgehead atoms. The Morgan fingerprint density at radius 2 is 1.76 bits per heavy atom. The molecule has 1 aromatic heterocycles. The number of hydrogen-bond acceptors (Lipinski definition) is 8. The number of allylic oxidation sites excluding steroid dienone is 1. The van der Waals surface area contributed by atoms with Crippen LogP contribution < -0.4 is 29.1 Å². The number of hydrogen-bond donors (Lipinski definition) is 0. The van der Waals surface area contributed by atoms with Gasteiger partial charge in [0, 0.05) is 0 Å². The highest BCUT2D eigenvalue weighted by molar-refractivity contribution is 9.11. The van der Waals surface area contributed by atoms with E-state index in [4.69, 9.17) is 18.9 Å². The van der Waals surface area contributed by atoms with Crippen LogP contribution in [0.2, 0.25) is 0 Å². The minimum Gasteiger partial charge on any atom is -0.494 e. The number of fused-ring (bicyclic) bond motifs is 1. The number of esters is 1. The van der Waals surface area contributed by atoms with Gasteiger partial charge in [0.2, 0.25) is 0 Å². The molecule has 8 nitrogen and oxygen atoms in total. The van der Waals surface area contributed by atoms with Crippen LogP contribution in [-0.2, 0) is 9.53 Å². The van der Waals surface area contributed by atoms with Crippen LogP contribution in [0.25, 0.3) is 6.08 Å². The van der Waals surface area contributed by atoms with Crippen LogP contribution in [0, 0.1) is 0 Å². The highest BCUT2D eigenvalue weighted by atomic mass is 79.9. The Kier molecular flexibility index (Phi) is 8.25. The number of benzene rings is 2. The summed E-state index contributed by atoms with van der Waals surface area (Å²) in [5, 5.41) is 0. The predicted molar refractivity (Wildman–Crippen MR) is 148 cm³/mol. The Balaban J connectivity index is 1.96. The molecule has 0 saturated carbocycles. The van der Waals surface area contributed by atoms with Gasteiger partial charge in [0.25, 0.3) is 5.56 Å². The third-order valence-electron chi connectivity index (χ3n) is 5.76. The third-order valence-corrected chi connectivity index (χ3v) is 7.92. The second kappa shape index (κ2) is 11.2. The summed E-state index contributed by atoms with van der Waals surface area (Å²) in [6.07, 6.45) is 1.79. The monoisotopic (exact) mass is 650 g/mol. The minimum absolute atomic E-state index is 0.194. The summed E-state index contributed by atoms with van der Waals surface area (Å²) in [5.74, 6) is 1.14. The van der Waals surface area contributed by atoms with Gasteiger partial charge in [0.15, 0.2) is 16.3 Å². The van der Waals surface area contributed by atoms with Crippen LogP contribution in [0.15, 0.2) is 60.3 Å². The molecule has 2 aromatic carbocycles. The van der Waals surface area contributed by atoms with Crippen molar-refractivity contribution < 1.29 is 23.7 Å². The van der Waals surface area contributed by atoms with E-state index in [-0.39, 0.29) is 12.2 Å². The Morgan fingerprint density at radius 1 is 1.08 bits per heavy atom. The van der Waals surface area contributed by atoms with Gasteiger partial charge in [-0.2, -0.15) is 0 Å². The van der Waals surface area contributed by atoms with E-state index in [9.17, 15) is 9.59 Å². The number of thiazole rings is 1. The molecule has 0 saturated heterocycles. The number of nitrogens with zero attached hydrogens (tertiary/aromatic N) is 2. The van der Waals surface area contributed by atoms with Crippen LogP contribution in [-0.4, -0.2) is 38.5 Å². The van der Waals surface area contributed by atoms with E-state index in [0.29, 0.717) is 43.4 Å². The van der Waals surface area contributed by atoms with Gasteiger partial charge in [-0.1, -0.05) is 17.4 Å². The molecule has 1 atom stereocenters. The highest BCUT2D eigenvalue weighted by Gasteiger charge is 2.34. The fourth-order valence-corrected chi connectivity index (χ4v) is 6.73. The van der Waals surface area contributed by atoms with E-state index < -0.39 is 12.0 Å². The first-order valence-corrected chi connectivity index (χ1v) is 13.6. The first-order chi connectivity index (χ1) is 17.7. The standard InChI is InChI=1S/C26H24Br2N2O6S/c1-6-36-25(32)21-13(2)29-26-30(22(21)15-7-8-18(33-3)19(12-15)34-4)24(31)20(37-26)11-14-9-16(27)23(35-5)17(28)10-14/h7-12,22H,6H2,1-5H3/b20-11-. The quantitative estimate of drug-likeness (QED) is 0.353. The smallest absolute Gasteiger partial charge is 0.338 e. The topological polar surface area (TPSA) is 88.4 Å². The molecule has 4 rings (SSSR count). The van der Waals surface area contributed by atoms with Crippen molar-refractivity contribution in [2.24, 2.45) is 4.99 Å². The lowest BCUT2D eigenvalue weighted by molar-refractivity contribution is -0.139. The van der Waals surface area contributed by atoms with E-state index in [1.807, 2.05) is 12.1 Å². The van der Waals surface area contributed by atoms with Crippen molar-refractivity contribution in [3.8, 4) is 17.2 Å². The van der Waals surface area contributed by atoms with Gasteiger partial charge in [0.1, 0.15) is 5.75 Å². The average Bonchev–Trinajstić information content (AvgIpc) is 3.16. The molecule has 1 aliphatic heterocycles. The van der Waals surface area contributed by atoms with Crippen LogP contribution in [0.3, 0.4) is 0 Å². The van der Waals surface area contributed by atoms with Gasteiger partial charge in [-0.3, -0.25) is 9.36 Å². The lowest BCUT2D eigenvalue weighted by atomic mass is 9.95. The van der Waals surface area contributed by atoms with E-state index >= 15 is 0 Å². The normalized spacial score (nSPS) is 15.2. The second-order valence-corrected chi connectivity index (χ2v) is 10.7. The highest BCUT2D eigenvalue weighted by Crippen LogP contribution is 2.36. The van der Waals surface area contributed by atoms with Crippen molar-refractivity contribution in [2.75, 3.05) is 27.9 Å². The predicted octanol–water partition coefficient (Wildman–Crippen LogP) is 4.35. The first kappa shape index (κ1) is 27.2. The maximum absolute atomic E-state index is 13.8. The van der Waals surface area contributed by atoms with Crippen LogP contribution >= 0.6 is 43.2 Å². The van der Waals surface area contributed by atoms with Crippen molar-refractivity contribution in [3.05, 3.63) is 81.4 Å². The molecule has 0 fully saturated rings. The van der Waals surface area contributed by atoms with Gasteiger partial charge >= 0.3 is 5.97 Å². The molecule has 0 amide bonds. The van der Waals surface area contributed by atoms with Crippen LogP contribution in [0.4, 0.5) is 0 Å². The molecule has 37 heavy (non-hydrogen) atoms. The summed E-state index contributed by atoms with van der Waals surface area (Å²) in [7, 11) is 4.66. The molecule has 0 N–H and O–H groups in total. The fraction of sp³-hybridized carbons (Fsp3) is 0.269. The number of ether oxygens (including phenoxy) is 4. The molecular formula is C26H24Br2N2O6S. The largest absolute Gasteiger partial charge is 0.494 e. The van der Waals surface area contributed by atoms with E-state index in [1.165, 1.54) is 23.0 Å². The van der Waals surface area contributed by atoms with Gasteiger partial charge in [-0.15, -0.1) is 0 Å². The minimum atomic E-state index is -0.758. The summed E-state index contributed by atoms with van der Waals surface area (Å²) in [6.45, 7) is 3.67. The second-order valence-electron chi connectivity index (χ2n) is 7.93. The maximum Gasteiger partial charge on any atom is 0.338 e. The maximum atomic E-state index is 13.8. The molecule has 2 heterocycles. The van der Waals surface area contributed by atoms with Gasteiger partial charge in [0.05, 0.1) is 58.7 Å². The molecule has 1 aliphatic rings. The van der Waals surface area contributed by atoms with Crippen molar-refractivity contribution in [3.63, 3.8) is 0 Å². The number of rotatable bonds is 7. The number of halogens is 2. The van der Waals surface area contributed by atoms with Crippen molar-refractivity contribution in [1.29, 1.82) is 0 Å². The molecule has 0 aliphatic carbocycles. The molecule has 194 valence electrons. The first-order valence-electron chi connectivity index (χ1n) is 11.2. The Labute approximate surface area is 234 Å². The Hall–Kier alpha value is -2.89. The number of carbonyl (C=O) groups excluding carboxylic acids is 1. The van der Waals surface area contributed by atoms with Gasteiger partial charge < -0.3 is 18.9 Å². The van der Waals surface area contributed by atoms with Crippen molar-refractivity contribution in [1.82, 2.24) is 4.57 Å². The zero-order valence-electron chi connectivity index (χ0n) is 20.8. The van der Waals surface area contributed by atoms with Crippen LogP contribution in [0.5, 0.6) is 17.2 Å². The average molecular weight is 652 g/mol. The number of carbonyl (C=O) groups is 1. The summed E-state index contributed by atoms with van der Waals surface area (Å²) in [6, 6.07) is 8.28. The van der Waals surface area contributed by atoms with E-state index in [2.05, 4.69) is 36.9 Å². The molecule has 11 heteroatoms. The SMILES string of the molecule is CCOC(=O)C1=C(C)N=c2s/c(=C\c3cc(Br)c(OC)c(Br)c3)c(=O)n2C1c1ccc(OC)c(OC)c1. The zero-order valence-corrected chi connectivity index (χ0v) is 24.7. The lowest BCUT2D eigenvalue weighted by Gasteiger charge is -2.25. The Morgan fingerprint density at radius 3 is 2.35 bits per heavy atom. The molecular weight excluding hydrogens is 628 g/mol. The molecule has 1 unspecified atom stereocenters. The van der Waals surface area contributed by atoms with E-state index in [1.54, 1.807) is 52.3 Å². The zero-order chi connectivity index (χ0) is 26.9. The number of aromatic nitrogens is 1. The van der Waals surface area contributed by atoms with Crippen LogP contribution in [0.1, 0.15) is 31.0 Å². The summed E-state index contributed by atoms with van der Waals surface area (Å²) in [5.41, 5.74) is 1.95. The molecule has 0 spiro atoms.